The molecule has 1 saturated carbocycles. The molecule has 4 nitrogen and oxygen atoms in total. The van der Waals surface area contributed by atoms with Gasteiger partial charge in [-0.1, -0.05) is 31.4 Å². The molecule has 2 rings (SSSR count). The number of rotatable bonds is 4. The summed E-state index contributed by atoms with van der Waals surface area (Å²) >= 11 is 5.95. The van der Waals surface area contributed by atoms with Gasteiger partial charge >= 0.3 is 0 Å². The van der Waals surface area contributed by atoms with E-state index in [1.165, 1.54) is 31.9 Å². The maximum atomic E-state index is 12.2. The van der Waals surface area contributed by atoms with Crippen LogP contribution in [0, 0.1) is 5.92 Å². The number of halogens is 1. The molecule has 1 aliphatic carbocycles. The van der Waals surface area contributed by atoms with E-state index in [-0.39, 0.29) is 17.1 Å². The van der Waals surface area contributed by atoms with E-state index in [1.807, 2.05) is 0 Å². The van der Waals surface area contributed by atoms with Gasteiger partial charge in [0.1, 0.15) is 5.15 Å². The zero-order chi connectivity index (χ0) is 14.5. The minimum Gasteiger partial charge on any atom is -0.397 e. The third-order valence-corrected chi connectivity index (χ3v) is 4.28. The van der Waals surface area contributed by atoms with Gasteiger partial charge < -0.3 is 11.1 Å². The van der Waals surface area contributed by atoms with Crippen LogP contribution in [-0.4, -0.2) is 16.9 Å². The van der Waals surface area contributed by atoms with Crippen molar-refractivity contribution >= 4 is 23.2 Å². The molecule has 20 heavy (non-hydrogen) atoms. The smallest absolute Gasteiger partial charge is 0.254 e. The molecule has 1 fully saturated rings. The summed E-state index contributed by atoms with van der Waals surface area (Å²) in [6, 6.07) is 1.82. The van der Waals surface area contributed by atoms with Gasteiger partial charge in [0.15, 0.2) is 0 Å². The van der Waals surface area contributed by atoms with E-state index in [4.69, 9.17) is 17.3 Å². The van der Waals surface area contributed by atoms with Crippen molar-refractivity contribution in [1.82, 2.24) is 10.3 Å². The number of pyridine rings is 1. The number of hydrogen-bond acceptors (Lipinski definition) is 3. The standard InChI is InChI=1S/C15H22ClN3O/c1-2-3-10-4-6-12(7-5-10)19-15(20)13-8-11(17)9-18-14(13)16/h8-10,12H,2-7,17H2,1H3,(H,19,20). The fraction of sp³-hybridized carbons (Fsp3) is 0.600. The van der Waals surface area contributed by atoms with Gasteiger partial charge in [0.25, 0.3) is 5.91 Å². The molecule has 0 unspecified atom stereocenters. The Morgan fingerprint density at radius 2 is 2.15 bits per heavy atom. The van der Waals surface area contributed by atoms with Crippen molar-refractivity contribution in [1.29, 1.82) is 0 Å². The lowest BCUT2D eigenvalue weighted by molar-refractivity contribution is 0.0921. The summed E-state index contributed by atoms with van der Waals surface area (Å²) < 4.78 is 0. The summed E-state index contributed by atoms with van der Waals surface area (Å²) in [5.41, 5.74) is 6.46. The number of nitrogens with two attached hydrogens (primary N) is 1. The highest BCUT2D eigenvalue weighted by Gasteiger charge is 2.23. The van der Waals surface area contributed by atoms with Crippen molar-refractivity contribution in [2.24, 2.45) is 5.92 Å². The minimum atomic E-state index is -0.172. The lowest BCUT2D eigenvalue weighted by Gasteiger charge is -2.29. The van der Waals surface area contributed by atoms with Crippen LogP contribution in [0.25, 0.3) is 0 Å². The lowest BCUT2D eigenvalue weighted by Crippen LogP contribution is -2.37. The number of nitrogens with zero attached hydrogens (tertiary/aromatic N) is 1. The fourth-order valence-electron chi connectivity index (χ4n) is 2.89. The second-order valence-corrected chi connectivity index (χ2v) is 5.94. The maximum absolute atomic E-state index is 12.2. The van der Waals surface area contributed by atoms with Crippen molar-refractivity contribution in [3.8, 4) is 0 Å². The molecule has 0 atom stereocenters. The van der Waals surface area contributed by atoms with E-state index >= 15 is 0 Å². The average Bonchev–Trinajstić information content (AvgIpc) is 2.44. The number of nitrogen functional groups attached to an aromatic ring is 1. The monoisotopic (exact) mass is 295 g/mol. The van der Waals surface area contributed by atoms with E-state index < -0.39 is 0 Å². The Morgan fingerprint density at radius 3 is 2.80 bits per heavy atom. The van der Waals surface area contributed by atoms with Crippen molar-refractivity contribution < 1.29 is 4.79 Å². The van der Waals surface area contributed by atoms with E-state index in [0.29, 0.717) is 11.3 Å². The zero-order valence-corrected chi connectivity index (χ0v) is 12.6. The Balaban J connectivity index is 1.91. The van der Waals surface area contributed by atoms with Gasteiger partial charge in [0.2, 0.25) is 0 Å². The Bertz CT molecular complexity index is 470. The number of anilines is 1. The summed E-state index contributed by atoms with van der Waals surface area (Å²) in [6.07, 6.45) is 8.48. The minimum absolute atomic E-state index is 0.172. The molecular weight excluding hydrogens is 274 g/mol. The lowest BCUT2D eigenvalue weighted by atomic mass is 9.83. The van der Waals surface area contributed by atoms with Crippen molar-refractivity contribution in [2.45, 2.75) is 51.5 Å². The largest absolute Gasteiger partial charge is 0.397 e. The second kappa shape index (κ2) is 6.93. The molecule has 1 amide bonds. The Kier molecular flexibility index (Phi) is 5.24. The van der Waals surface area contributed by atoms with Crippen LogP contribution in [0.1, 0.15) is 55.8 Å². The van der Waals surface area contributed by atoms with Crippen LogP contribution in [0.3, 0.4) is 0 Å². The van der Waals surface area contributed by atoms with Crippen LogP contribution in [0.2, 0.25) is 5.15 Å². The molecule has 0 spiro atoms. The number of carbonyl (C=O) groups is 1. The van der Waals surface area contributed by atoms with Gasteiger partial charge in [0, 0.05) is 6.04 Å². The molecule has 0 aliphatic heterocycles. The first kappa shape index (κ1) is 15.1. The summed E-state index contributed by atoms with van der Waals surface area (Å²) in [6.45, 7) is 2.22. The molecule has 0 saturated heterocycles. The number of aromatic nitrogens is 1. The van der Waals surface area contributed by atoms with Crippen LogP contribution in [0.15, 0.2) is 12.3 Å². The summed E-state index contributed by atoms with van der Waals surface area (Å²) in [5, 5.41) is 3.25. The molecule has 5 heteroatoms. The maximum Gasteiger partial charge on any atom is 0.254 e. The Morgan fingerprint density at radius 1 is 1.45 bits per heavy atom. The highest BCUT2D eigenvalue weighted by Crippen LogP contribution is 2.28. The predicted octanol–water partition coefficient (Wildman–Crippen LogP) is 3.41. The summed E-state index contributed by atoms with van der Waals surface area (Å²) in [4.78, 5) is 16.1. The van der Waals surface area contributed by atoms with E-state index in [1.54, 1.807) is 6.07 Å². The van der Waals surface area contributed by atoms with Crippen molar-refractivity contribution in [3.05, 3.63) is 23.0 Å². The van der Waals surface area contributed by atoms with Crippen LogP contribution >= 0.6 is 11.6 Å². The first-order valence-corrected chi connectivity index (χ1v) is 7.69. The topological polar surface area (TPSA) is 68.0 Å². The highest BCUT2D eigenvalue weighted by molar-refractivity contribution is 6.32. The van der Waals surface area contributed by atoms with Gasteiger partial charge in [-0.15, -0.1) is 0 Å². The van der Waals surface area contributed by atoms with Crippen LogP contribution in [0.4, 0.5) is 5.69 Å². The van der Waals surface area contributed by atoms with Gasteiger partial charge in [-0.25, -0.2) is 4.98 Å². The summed E-state index contributed by atoms with van der Waals surface area (Å²) in [7, 11) is 0. The number of amides is 1. The zero-order valence-electron chi connectivity index (χ0n) is 11.9. The fourth-order valence-corrected chi connectivity index (χ4v) is 3.08. The van der Waals surface area contributed by atoms with Gasteiger partial charge in [-0.2, -0.15) is 0 Å². The van der Waals surface area contributed by atoms with E-state index in [0.717, 1.165) is 18.8 Å². The Labute approximate surface area is 125 Å². The normalized spacial score (nSPS) is 22.5. The van der Waals surface area contributed by atoms with E-state index in [2.05, 4.69) is 17.2 Å². The molecule has 1 heterocycles. The van der Waals surface area contributed by atoms with Crippen LogP contribution in [-0.2, 0) is 0 Å². The first-order valence-electron chi connectivity index (χ1n) is 7.32. The SMILES string of the molecule is CCCC1CCC(NC(=O)c2cc(N)cnc2Cl)CC1. The highest BCUT2D eigenvalue weighted by atomic mass is 35.5. The predicted molar refractivity (Wildman–Crippen MR) is 81.8 cm³/mol. The molecular formula is C15H22ClN3O. The molecule has 3 N–H and O–H groups in total. The average molecular weight is 296 g/mol. The van der Waals surface area contributed by atoms with E-state index in [9.17, 15) is 4.79 Å². The van der Waals surface area contributed by atoms with Crippen LogP contribution < -0.4 is 11.1 Å². The van der Waals surface area contributed by atoms with Gasteiger partial charge in [-0.3, -0.25) is 4.79 Å². The molecule has 1 aromatic heterocycles. The second-order valence-electron chi connectivity index (χ2n) is 5.59. The Hall–Kier alpha value is -1.29. The third kappa shape index (κ3) is 3.85. The van der Waals surface area contributed by atoms with Crippen molar-refractivity contribution in [3.63, 3.8) is 0 Å². The molecule has 1 aliphatic rings. The molecule has 0 aromatic carbocycles. The number of hydrogen-bond donors (Lipinski definition) is 2. The molecule has 110 valence electrons. The first-order chi connectivity index (χ1) is 9.60. The van der Waals surface area contributed by atoms with Gasteiger partial charge in [-0.05, 0) is 37.7 Å². The molecule has 1 aromatic rings. The molecule has 0 radical (unpaired) electrons. The van der Waals surface area contributed by atoms with Crippen LogP contribution in [0.5, 0.6) is 0 Å². The van der Waals surface area contributed by atoms with Crippen molar-refractivity contribution in [2.75, 3.05) is 5.73 Å². The quantitative estimate of drug-likeness (QED) is 0.837. The number of carbonyl (C=O) groups excluding carboxylic acids is 1. The third-order valence-electron chi connectivity index (χ3n) is 3.98. The van der Waals surface area contributed by atoms with Gasteiger partial charge in [0.05, 0.1) is 17.4 Å². The number of nitrogens with one attached hydrogen (secondary N) is 1. The summed E-state index contributed by atoms with van der Waals surface area (Å²) in [5.74, 6) is 0.652. The molecule has 0 bridgehead atoms.